The number of pyridine rings is 1. The third kappa shape index (κ3) is 4.94. The summed E-state index contributed by atoms with van der Waals surface area (Å²) in [5, 5.41) is 3.01. The molecule has 0 aliphatic carbocycles. The van der Waals surface area contributed by atoms with Gasteiger partial charge in [0, 0.05) is 30.3 Å². The Morgan fingerprint density at radius 1 is 1.34 bits per heavy atom. The topological polar surface area (TPSA) is 105 Å². The molecule has 0 radical (unpaired) electrons. The lowest BCUT2D eigenvalue weighted by Crippen LogP contribution is -2.64. The molecule has 3 heterocycles. The van der Waals surface area contributed by atoms with Crippen molar-refractivity contribution >= 4 is 29.3 Å². The van der Waals surface area contributed by atoms with Crippen LogP contribution in [0, 0.1) is 0 Å². The molecule has 8 nitrogen and oxygen atoms in total. The Morgan fingerprint density at radius 2 is 2.12 bits per heavy atom. The Morgan fingerprint density at radius 3 is 2.84 bits per heavy atom. The molecule has 3 N–H and O–H groups in total. The summed E-state index contributed by atoms with van der Waals surface area (Å²) >= 11 is 7.46. The average Bonchev–Trinajstić information content (AvgIpc) is 2.81. The molecule has 1 amide bonds. The van der Waals surface area contributed by atoms with Gasteiger partial charge in [0.15, 0.2) is 6.29 Å². The van der Waals surface area contributed by atoms with E-state index < -0.39 is 30.0 Å². The summed E-state index contributed by atoms with van der Waals surface area (Å²) in [6.45, 7) is 2.67. The highest BCUT2D eigenvalue weighted by atomic mass is 35.5. The molecule has 172 valence electrons. The zero-order valence-electron chi connectivity index (χ0n) is 17.8. The van der Waals surface area contributed by atoms with Gasteiger partial charge in [-0.15, -0.1) is 0 Å². The molecule has 1 aromatic heterocycles. The minimum absolute atomic E-state index is 0.261. The van der Waals surface area contributed by atoms with Crippen LogP contribution in [0.1, 0.15) is 29.3 Å². The van der Waals surface area contributed by atoms with Crippen LogP contribution in [0.15, 0.2) is 47.5 Å². The molecule has 2 aliphatic rings. The number of amides is 1. The first-order valence-electron chi connectivity index (χ1n) is 10.4. The minimum Gasteiger partial charge on any atom is -0.373 e. The Kier molecular flexibility index (Phi) is 7.67. The molecular weight excluding hydrogens is 454 g/mol. The van der Waals surface area contributed by atoms with E-state index in [1.165, 1.54) is 18.0 Å². The molecule has 6 atom stereocenters. The smallest absolute Gasteiger partial charge is 0.270 e. The van der Waals surface area contributed by atoms with Crippen LogP contribution in [-0.4, -0.2) is 60.9 Å². The van der Waals surface area contributed by atoms with E-state index in [2.05, 4.69) is 10.3 Å². The number of benzene rings is 1. The largest absolute Gasteiger partial charge is 0.373 e. The Labute approximate surface area is 196 Å². The van der Waals surface area contributed by atoms with Crippen LogP contribution in [0.4, 0.5) is 0 Å². The molecule has 4 rings (SSSR count). The third-order valence-electron chi connectivity index (χ3n) is 5.33. The first-order valence-corrected chi connectivity index (χ1v) is 11.7. The van der Waals surface area contributed by atoms with Crippen LogP contribution in [-0.2, 0) is 18.9 Å². The molecule has 6 unspecified atom stereocenters. The van der Waals surface area contributed by atoms with Crippen LogP contribution in [0.25, 0.3) is 0 Å². The monoisotopic (exact) mass is 479 g/mol. The van der Waals surface area contributed by atoms with Gasteiger partial charge in [0.25, 0.3) is 5.91 Å². The number of aromatic nitrogens is 1. The van der Waals surface area contributed by atoms with Crippen molar-refractivity contribution in [3.05, 3.63) is 58.9 Å². The van der Waals surface area contributed by atoms with E-state index in [-0.39, 0.29) is 17.7 Å². The van der Waals surface area contributed by atoms with Gasteiger partial charge in [0.2, 0.25) is 0 Å². The first kappa shape index (κ1) is 23.4. The van der Waals surface area contributed by atoms with Crippen molar-refractivity contribution in [1.82, 2.24) is 10.3 Å². The second-order valence-electron chi connectivity index (χ2n) is 7.41. The van der Waals surface area contributed by atoms with E-state index in [4.69, 9.17) is 36.3 Å². The number of nitrogens with zero attached hydrogens (tertiary/aromatic N) is 1. The number of nitrogens with two attached hydrogens (primary N) is 1. The van der Waals surface area contributed by atoms with Crippen LogP contribution in [0.3, 0.4) is 0 Å². The average molecular weight is 480 g/mol. The second kappa shape index (κ2) is 10.5. The van der Waals surface area contributed by atoms with Gasteiger partial charge in [-0.3, -0.25) is 4.79 Å². The van der Waals surface area contributed by atoms with E-state index in [0.717, 1.165) is 5.56 Å². The molecule has 0 saturated carbocycles. The molecule has 2 saturated heterocycles. The molecule has 2 fully saturated rings. The van der Waals surface area contributed by atoms with Crippen LogP contribution in [0.5, 0.6) is 0 Å². The number of thioether (sulfide) groups is 1. The van der Waals surface area contributed by atoms with E-state index in [1.54, 1.807) is 13.1 Å². The van der Waals surface area contributed by atoms with E-state index >= 15 is 0 Å². The highest BCUT2D eigenvalue weighted by molar-refractivity contribution is 8.00. The van der Waals surface area contributed by atoms with Crippen molar-refractivity contribution in [3.63, 3.8) is 0 Å². The number of rotatable bonds is 6. The summed E-state index contributed by atoms with van der Waals surface area (Å²) in [5.41, 5.74) is 7.31. The summed E-state index contributed by atoms with van der Waals surface area (Å²) in [5.74, 6) is -0.315. The maximum atomic E-state index is 12.3. The predicted molar refractivity (Wildman–Crippen MR) is 121 cm³/mol. The standard InChI is InChI=1S/C22H26ClN3O5S/c1-3-28-19-16(24)18-14(11-29-21(31-18)12-7-5-4-6-8-12)30-22(19)32-15-9-13(23)10-26-17(15)20(27)25-2/h4-10,14,16,18-19,21-22H,3,11,24H2,1-2H3,(H,25,27). The zero-order chi connectivity index (χ0) is 22.7. The number of hydrogen-bond acceptors (Lipinski definition) is 8. The molecule has 2 aromatic rings. The summed E-state index contributed by atoms with van der Waals surface area (Å²) in [6, 6.07) is 10.9. The molecule has 1 aromatic carbocycles. The third-order valence-corrected chi connectivity index (χ3v) is 6.71. The summed E-state index contributed by atoms with van der Waals surface area (Å²) in [4.78, 5) is 17.1. The number of carbonyl (C=O) groups is 1. The van der Waals surface area contributed by atoms with E-state index in [9.17, 15) is 4.79 Å². The SMILES string of the molecule is CCOC1C(Sc2cc(Cl)cnc2C(=O)NC)OC2COC(c3ccccc3)OC2C1N. The van der Waals surface area contributed by atoms with Gasteiger partial charge in [-0.25, -0.2) is 4.98 Å². The summed E-state index contributed by atoms with van der Waals surface area (Å²) in [7, 11) is 1.55. The van der Waals surface area contributed by atoms with Crippen molar-refractivity contribution in [2.45, 2.75) is 47.9 Å². The van der Waals surface area contributed by atoms with Crippen molar-refractivity contribution in [3.8, 4) is 0 Å². The first-order chi connectivity index (χ1) is 15.5. The lowest BCUT2D eigenvalue weighted by atomic mass is 9.96. The van der Waals surface area contributed by atoms with Gasteiger partial charge in [0.1, 0.15) is 29.4 Å². The summed E-state index contributed by atoms with van der Waals surface area (Å²) < 4.78 is 24.4. The van der Waals surface area contributed by atoms with Crippen molar-refractivity contribution in [1.29, 1.82) is 0 Å². The van der Waals surface area contributed by atoms with Crippen molar-refractivity contribution in [2.24, 2.45) is 5.73 Å². The molecule has 10 heteroatoms. The fraction of sp³-hybridized carbons (Fsp3) is 0.455. The number of carbonyl (C=O) groups excluding carboxylic acids is 1. The molecule has 0 spiro atoms. The van der Waals surface area contributed by atoms with Gasteiger partial charge < -0.3 is 30.0 Å². The van der Waals surface area contributed by atoms with Crippen LogP contribution >= 0.6 is 23.4 Å². The molecule has 0 bridgehead atoms. The number of hydrogen-bond donors (Lipinski definition) is 2. The molecular formula is C22H26ClN3O5S. The van der Waals surface area contributed by atoms with Crippen molar-refractivity contribution in [2.75, 3.05) is 20.3 Å². The van der Waals surface area contributed by atoms with Gasteiger partial charge in [-0.2, -0.15) is 0 Å². The maximum absolute atomic E-state index is 12.3. The molecule has 2 aliphatic heterocycles. The van der Waals surface area contributed by atoms with E-state index in [0.29, 0.717) is 23.1 Å². The fourth-order valence-corrected chi connectivity index (χ4v) is 5.32. The highest BCUT2D eigenvalue weighted by Crippen LogP contribution is 2.40. The van der Waals surface area contributed by atoms with Gasteiger partial charge in [0.05, 0.1) is 17.7 Å². The Hall–Kier alpha value is -1.72. The second-order valence-corrected chi connectivity index (χ2v) is 8.99. The lowest BCUT2D eigenvalue weighted by molar-refractivity contribution is -0.300. The van der Waals surface area contributed by atoms with Crippen molar-refractivity contribution < 1.29 is 23.7 Å². The minimum atomic E-state index is -0.518. The lowest BCUT2D eigenvalue weighted by Gasteiger charge is -2.48. The molecule has 32 heavy (non-hydrogen) atoms. The van der Waals surface area contributed by atoms with Gasteiger partial charge >= 0.3 is 0 Å². The van der Waals surface area contributed by atoms with Gasteiger partial charge in [-0.05, 0) is 13.0 Å². The Bertz CT molecular complexity index is 937. The zero-order valence-corrected chi connectivity index (χ0v) is 19.3. The number of ether oxygens (including phenoxy) is 4. The van der Waals surface area contributed by atoms with E-state index in [1.807, 2.05) is 37.3 Å². The number of halogens is 1. The Balaban J connectivity index is 1.56. The summed E-state index contributed by atoms with van der Waals surface area (Å²) in [6.07, 6.45) is -0.340. The highest BCUT2D eigenvalue weighted by Gasteiger charge is 2.49. The van der Waals surface area contributed by atoms with Crippen LogP contribution < -0.4 is 11.1 Å². The fourth-order valence-electron chi connectivity index (χ4n) is 3.81. The number of fused-ring (bicyclic) bond motifs is 1. The quantitative estimate of drug-likeness (QED) is 0.651. The predicted octanol–water partition coefficient (Wildman–Crippen LogP) is 2.76. The normalized spacial score (nSPS) is 29.9. The number of nitrogens with one attached hydrogen (secondary N) is 1. The van der Waals surface area contributed by atoms with Crippen LogP contribution in [0.2, 0.25) is 5.02 Å². The maximum Gasteiger partial charge on any atom is 0.270 e. The van der Waals surface area contributed by atoms with Gasteiger partial charge in [-0.1, -0.05) is 53.7 Å².